The fraction of sp³-hybridized carbons (Fsp3) is 0.650. The third-order valence-corrected chi connectivity index (χ3v) is 4.62. The van der Waals surface area contributed by atoms with Gasteiger partial charge < -0.3 is 20.6 Å². The molecule has 5 nitrogen and oxygen atoms in total. The molecule has 0 saturated carbocycles. The lowest BCUT2D eigenvalue weighted by atomic mass is 9.97. The van der Waals surface area contributed by atoms with E-state index in [1.54, 1.807) is 0 Å². The van der Waals surface area contributed by atoms with E-state index in [1.165, 1.54) is 11.3 Å². The molecule has 25 heavy (non-hydrogen) atoms. The van der Waals surface area contributed by atoms with Crippen LogP contribution in [0, 0.1) is 11.8 Å². The van der Waals surface area contributed by atoms with E-state index in [1.807, 2.05) is 0 Å². The summed E-state index contributed by atoms with van der Waals surface area (Å²) in [6.07, 6.45) is 2.16. The minimum absolute atomic E-state index is 0.323. The van der Waals surface area contributed by atoms with E-state index in [-0.39, 0.29) is 0 Å². The monoisotopic (exact) mass is 346 g/mol. The van der Waals surface area contributed by atoms with Crippen LogP contribution >= 0.6 is 0 Å². The highest BCUT2D eigenvalue weighted by atomic mass is 16.3. The average molecular weight is 347 g/mol. The first kappa shape index (κ1) is 19.6. The number of aliphatic imine (C=N–C) groups is 1. The molecule has 1 fully saturated rings. The van der Waals surface area contributed by atoms with Crippen LogP contribution in [0.3, 0.4) is 0 Å². The van der Waals surface area contributed by atoms with Crippen LogP contribution in [0.1, 0.15) is 39.2 Å². The van der Waals surface area contributed by atoms with Gasteiger partial charge in [-0.25, -0.2) is 4.99 Å². The maximum absolute atomic E-state index is 9.25. The van der Waals surface area contributed by atoms with Gasteiger partial charge in [0, 0.05) is 38.5 Å². The van der Waals surface area contributed by atoms with E-state index >= 15 is 0 Å². The molecular formula is C20H34N4O. The predicted octanol–water partition coefficient (Wildman–Crippen LogP) is 2.61. The molecule has 1 saturated heterocycles. The molecule has 1 heterocycles. The second-order valence-electron chi connectivity index (χ2n) is 7.25. The molecule has 0 aliphatic carbocycles. The van der Waals surface area contributed by atoms with Crippen molar-refractivity contribution in [1.82, 2.24) is 10.6 Å². The Morgan fingerprint density at radius 2 is 1.88 bits per heavy atom. The lowest BCUT2D eigenvalue weighted by Gasteiger charge is -2.32. The molecule has 5 heteroatoms. The largest absolute Gasteiger partial charge is 0.396 e. The minimum atomic E-state index is 0.323. The van der Waals surface area contributed by atoms with Gasteiger partial charge in [-0.05, 0) is 49.3 Å². The standard InChI is InChI=1S/C20H34N4O/c1-4-21-20(22-13-16(2)3)23-14-17-5-7-19(8-6-17)24-11-9-18(15-25)10-12-24/h5-8,16,18,25H,4,9-15H2,1-3H3,(H2,21,22,23). The Morgan fingerprint density at radius 1 is 1.20 bits per heavy atom. The maximum atomic E-state index is 9.25. The molecule has 0 bridgehead atoms. The Hall–Kier alpha value is -1.75. The Morgan fingerprint density at radius 3 is 2.44 bits per heavy atom. The number of nitrogens with zero attached hydrogens (tertiary/aromatic N) is 2. The van der Waals surface area contributed by atoms with E-state index in [0.717, 1.165) is 45.0 Å². The summed E-state index contributed by atoms with van der Waals surface area (Å²) in [5, 5.41) is 15.9. The third kappa shape index (κ3) is 6.58. The number of nitrogens with one attached hydrogen (secondary N) is 2. The number of hydrogen-bond donors (Lipinski definition) is 3. The molecule has 1 aromatic carbocycles. The fourth-order valence-electron chi connectivity index (χ4n) is 3.00. The summed E-state index contributed by atoms with van der Waals surface area (Å²) in [6, 6.07) is 8.73. The first-order valence-corrected chi connectivity index (χ1v) is 9.59. The van der Waals surface area contributed by atoms with Gasteiger partial charge in [0.2, 0.25) is 0 Å². The van der Waals surface area contributed by atoms with Gasteiger partial charge in [-0.3, -0.25) is 0 Å². The summed E-state index contributed by atoms with van der Waals surface area (Å²) in [4.78, 5) is 7.08. The van der Waals surface area contributed by atoms with Crippen molar-refractivity contribution in [2.45, 2.75) is 40.2 Å². The van der Waals surface area contributed by atoms with E-state index in [2.05, 4.69) is 65.6 Å². The molecule has 2 rings (SSSR count). The van der Waals surface area contributed by atoms with E-state index in [0.29, 0.717) is 25.0 Å². The second-order valence-corrected chi connectivity index (χ2v) is 7.25. The normalized spacial score (nSPS) is 16.4. The van der Waals surface area contributed by atoms with Gasteiger partial charge in [-0.1, -0.05) is 26.0 Å². The van der Waals surface area contributed by atoms with Crippen molar-refractivity contribution in [1.29, 1.82) is 0 Å². The Balaban J connectivity index is 1.89. The number of benzene rings is 1. The number of piperidine rings is 1. The molecule has 1 aromatic rings. The molecule has 0 aromatic heterocycles. The minimum Gasteiger partial charge on any atom is -0.396 e. The summed E-state index contributed by atoms with van der Waals surface area (Å²) in [7, 11) is 0. The van der Waals surface area contributed by atoms with E-state index < -0.39 is 0 Å². The highest BCUT2D eigenvalue weighted by molar-refractivity contribution is 5.79. The zero-order valence-electron chi connectivity index (χ0n) is 16.0. The average Bonchev–Trinajstić information content (AvgIpc) is 2.64. The van der Waals surface area contributed by atoms with Crippen molar-refractivity contribution in [2.75, 3.05) is 37.7 Å². The van der Waals surface area contributed by atoms with Crippen LogP contribution in [0.4, 0.5) is 5.69 Å². The molecule has 0 spiro atoms. The lowest BCUT2D eigenvalue weighted by Crippen LogP contribution is -2.39. The van der Waals surface area contributed by atoms with Gasteiger partial charge >= 0.3 is 0 Å². The van der Waals surface area contributed by atoms with Gasteiger partial charge in [0.05, 0.1) is 6.54 Å². The van der Waals surface area contributed by atoms with E-state index in [9.17, 15) is 5.11 Å². The number of anilines is 1. The van der Waals surface area contributed by atoms with Gasteiger partial charge in [0.1, 0.15) is 0 Å². The highest BCUT2D eigenvalue weighted by Gasteiger charge is 2.18. The van der Waals surface area contributed by atoms with Crippen molar-refractivity contribution in [2.24, 2.45) is 16.8 Å². The Bertz CT molecular complexity index is 519. The first-order valence-electron chi connectivity index (χ1n) is 9.59. The van der Waals surface area contributed by atoms with Crippen molar-refractivity contribution >= 4 is 11.6 Å². The zero-order chi connectivity index (χ0) is 18.1. The second kappa shape index (κ2) is 10.3. The molecule has 0 atom stereocenters. The van der Waals surface area contributed by atoms with Crippen molar-refractivity contribution in [3.63, 3.8) is 0 Å². The quantitative estimate of drug-likeness (QED) is 0.525. The van der Waals surface area contributed by atoms with Crippen LogP contribution in [0.2, 0.25) is 0 Å². The van der Waals surface area contributed by atoms with Gasteiger partial charge in [0.15, 0.2) is 5.96 Å². The molecule has 140 valence electrons. The van der Waals surface area contributed by atoms with E-state index in [4.69, 9.17) is 0 Å². The van der Waals surface area contributed by atoms with Crippen LogP contribution in [0.15, 0.2) is 29.3 Å². The van der Waals surface area contributed by atoms with Crippen LogP contribution in [-0.2, 0) is 6.54 Å². The summed E-state index contributed by atoms with van der Waals surface area (Å²) >= 11 is 0. The number of aliphatic hydroxyl groups is 1. The summed E-state index contributed by atoms with van der Waals surface area (Å²) in [6.45, 7) is 11.3. The molecule has 0 unspecified atom stereocenters. The lowest BCUT2D eigenvalue weighted by molar-refractivity contribution is 0.203. The predicted molar refractivity (Wildman–Crippen MR) is 106 cm³/mol. The zero-order valence-corrected chi connectivity index (χ0v) is 16.0. The number of rotatable bonds is 7. The van der Waals surface area contributed by atoms with Crippen LogP contribution < -0.4 is 15.5 Å². The first-order chi connectivity index (χ1) is 12.1. The van der Waals surface area contributed by atoms with Crippen molar-refractivity contribution in [3.05, 3.63) is 29.8 Å². The molecule has 0 amide bonds. The Labute approximate surface area is 152 Å². The maximum Gasteiger partial charge on any atom is 0.191 e. The number of guanidine groups is 1. The van der Waals surface area contributed by atoms with Crippen molar-refractivity contribution in [3.8, 4) is 0 Å². The van der Waals surface area contributed by atoms with Crippen molar-refractivity contribution < 1.29 is 5.11 Å². The highest BCUT2D eigenvalue weighted by Crippen LogP contribution is 2.23. The van der Waals surface area contributed by atoms with Gasteiger partial charge in [-0.15, -0.1) is 0 Å². The molecule has 1 aliphatic rings. The molecular weight excluding hydrogens is 312 g/mol. The summed E-state index contributed by atoms with van der Waals surface area (Å²) < 4.78 is 0. The molecule has 0 radical (unpaired) electrons. The van der Waals surface area contributed by atoms with Gasteiger partial charge in [0.25, 0.3) is 0 Å². The molecule has 1 aliphatic heterocycles. The molecule has 3 N–H and O–H groups in total. The van der Waals surface area contributed by atoms with Crippen LogP contribution in [0.5, 0.6) is 0 Å². The van der Waals surface area contributed by atoms with Gasteiger partial charge in [-0.2, -0.15) is 0 Å². The van der Waals surface area contributed by atoms with Crippen LogP contribution in [0.25, 0.3) is 0 Å². The number of hydrogen-bond acceptors (Lipinski definition) is 3. The third-order valence-electron chi connectivity index (χ3n) is 4.62. The smallest absolute Gasteiger partial charge is 0.191 e. The summed E-state index contributed by atoms with van der Waals surface area (Å²) in [5.74, 6) is 1.96. The summed E-state index contributed by atoms with van der Waals surface area (Å²) in [5.41, 5.74) is 2.49. The topological polar surface area (TPSA) is 59.9 Å². The number of aliphatic hydroxyl groups excluding tert-OH is 1. The van der Waals surface area contributed by atoms with Crippen LogP contribution in [-0.4, -0.2) is 43.9 Å². The Kier molecular flexibility index (Phi) is 8.06. The SMILES string of the molecule is CCNC(=NCc1ccc(N2CCC(CO)CC2)cc1)NCC(C)C. The fourth-order valence-corrected chi connectivity index (χ4v) is 3.00.